The number of halogens is 10. The van der Waals surface area contributed by atoms with E-state index in [-0.39, 0.29) is 11.8 Å². The number of rotatable bonds is 5. The molecule has 1 atom stereocenters. The van der Waals surface area contributed by atoms with Crippen LogP contribution in [0.15, 0.2) is 28.7 Å². The lowest BCUT2D eigenvalue weighted by Gasteiger charge is -2.31. The van der Waals surface area contributed by atoms with Crippen LogP contribution in [0.3, 0.4) is 0 Å². The normalized spacial score (nSPS) is 15.8. The first-order valence-corrected chi connectivity index (χ1v) is 6.67. The van der Waals surface area contributed by atoms with Gasteiger partial charge in [0.25, 0.3) is 0 Å². The molecule has 136 valence electrons. The van der Waals surface area contributed by atoms with Gasteiger partial charge in [0.05, 0.1) is 0 Å². The Labute approximate surface area is 129 Å². The Morgan fingerprint density at radius 3 is 1.92 bits per heavy atom. The zero-order valence-corrected chi connectivity index (χ0v) is 11.7. The number of nitrogens with zero attached hydrogens (tertiary/aromatic N) is 1. The van der Waals surface area contributed by atoms with Crippen molar-refractivity contribution in [3.05, 3.63) is 35.6 Å². The van der Waals surface area contributed by atoms with Crippen LogP contribution in [-0.4, -0.2) is 33.7 Å². The largest absolute Gasteiger partial charge is 0.460 e. The van der Waals surface area contributed by atoms with Crippen molar-refractivity contribution < 1.29 is 48.1 Å². The average Bonchev–Trinajstić information content (AvgIpc) is 2.43. The van der Waals surface area contributed by atoms with Crippen molar-refractivity contribution in [3.8, 4) is 0 Å². The van der Waals surface area contributed by atoms with Crippen LogP contribution in [0, 0.1) is 5.82 Å². The summed E-state index contributed by atoms with van der Waals surface area (Å²) in [6, 6.07) is 3.52. The monoisotopic (exact) mass is 389 g/mol. The van der Waals surface area contributed by atoms with Crippen LogP contribution in [0.4, 0.5) is 43.9 Å². The van der Waals surface area contributed by atoms with Gasteiger partial charge in [0.15, 0.2) is 0 Å². The fourth-order valence-corrected chi connectivity index (χ4v) is 1.93. The molecule has 0 N–H and O–H groups in total. The molecule has 0 aliphatic rings. The predicted molar refractivity (Wildman–Crippen MR) is 63.0 cm³/mol. The summed E-state index contributed by atoms with van der Waals surface area (Å²) in [4.78, 5) is 0. The average molecular weight is 389 g/mol. The second-order valence-electron chi connectivity index (χ2n) is 4.20. The fraction of sp³-hybridized carbons (Fsp3) is 0.364. The molecule has 0 saturated heterocycles. The highest BCUT2D eigenvalue weighted by atomic mass is 32.2. The van der Waals surface area contributed by atoms with Crippen LogP contribution in [0.5, 0.6) is 0 Å². The fourth-order valence-electron chi connectivity index (χ4n) is 1.23. The van der Waals surface area contributed by atoms with E-state index in [4.69, 9.17) is 0 Å². The third-order valence-electron chi connectivity index (χ3n) is 2.48. The molecule has 0 aliphatic heterocycles. The van der Waals surface area contributed by atoms with Gasteiger partial charge in [0, 0.05) is 6.21 Å². The molecule has 0 unspecified atom stereocenters. The summed E-state index contributed by atoms with van der Waals surface area (Å²) in [5.74, 6) is -15.1. The molecule has 0 aliphatic carbocycles. The summed E-state index contributed by atoms with van der Waals surface area (Å²) in [5.41, 5.74) is -0.370. The van der Waals surface area contributed by atoms with Crippen LogP contribution >= 0.6 is 0 Å². The summed E-state index contributed by atoms with van der Waals surface area (Å²) in [6.45, 7) is 0. The molecule has 24 heavy (non-hydrogen) atoms. The number of alkyl halides is 9. The molecule has 13 heteroatoms. The van der Waals surface area contributed by atoms with Gasteiger partial charge in [-0.25, -0.2) is 8.60 Å². The first-order chi connectivity index (χ1) is 10.6. The number of hydrogen-bond donors (Lipinski definition) is 0. The lowest BCUT2D eigenvalue weighted by molar-refractivity contribution is -0.381. The lowest BCUT2D eigenvalue weighted by atomic mass is 10.1. The smallest absolute Gasteiger partial charge is 0.228 e. The van der Waals surface area contributed by atoms with Crippen LogP contribution < -0.4 is 0 Å². The summed E-state index contributed by atoms with van der Waals surface area (Å²) in [6.07, 6.45) is -6.86. The van der Waals surface area contributed by atoms with Crippen molar-refractivity contribution in [1.29, 1.82) is 0 Å². The molecule has 0 bridgehead atoms. The highest BCUT2D eigenvalue weighted by Gasteiger charge is 2.83. The van der Waals surface area contributed by atoms with Gasteiger partial charge in [-0.3, -0.25) is 0 Å². The molecule has 0 aromatic heterocycles. The van der Waals surface area contributed by atoms with E-state index in [0.717, 1.165) is 18.2 Å². The van der Waals surface area contributed by atoms with Crippen molar-refractivity contribution in [2.24, 2.45) is 4.40 Å². The maximum Gasteiger partial charge on any atom is 0.460 e. The number of benzene rings is 1. The van der Waals surface area contributed by atoms with E-state index in [2.05, 4.69) is 4.40 Å². The van der Waals surface area contributed by atoms with Crippen molar-refractivity contribution in [2.45, 2.75) is 23.3 Å². The molecule has 0 fully saturated rings. The molecule has 0 amide bonds. The van der Waals surface area contributed by atoms with Crippen LogP contribution in [-0.2, 0) is 11.0 Å². The minimum atomic E-state index is -7.16. The van der Waals surface area contributed by atoms with E-state index in [1.54, 1.807) is 0 Å². The molecular weight excluding hydrogens is 384 g/mol. The Hall–Kier alpha value is -1.66. The van der Waals surface area contributed by atoms with Gasteiger partial charge in [-0.1, -0.05) is 12.1 Å². The molecule has 0 radical (unpaired) electrons. The second kappa shape index (κ2) is 6.33. The second-order valence-corrected chi connectivity index (χ2v) is 5.42. The Morgan fingerprint density at radius 2 is 1.46 bits per heavy atom. The van der Waals surface area contributed by atoms with Crippen molar-refractivity contribution in [2.75, 3.05) is 0 Å². The van der Waals surface area contributed by atoms with Crippen molar-refractivity contribution in [1.82, 2.24) is 0 Å². The van der Waals surface area contributed by atoms with Crippen molar-refractivity contribution >= 4 is 17.2 Å². The van der Waals surface area contributed by atoms with E-state index in [0.29, 0.717) is 6.07 Å². The first kappa shape index (κ1) is 20.4. The SMILES string of the molecule is O=[S@](N=Cc1cccc(F)c1)C(F)(F)C(F)(F)C(F)(F)C(F)(F)F. The van der Waals surface area contributed by atoms with Crippen LogP contribution in [0.1, 0.15) is 5.56 Å². The molecule has 1 aromatic carbocycles. The third kappa shape index (κ3) is 3.54. The minimum Gasteiger partial charge on any atom is -0.228 e. The summed E-state index contributed by atoms with van der Waals surface area (Å²) >= 11 is 0. The van der Waals surface area contributed by atoms with Crippen LogP contribution in [0.25, 0.3) is 0 Å². The van der Waals surface area contributed by atoms with E-state index in [1.165, 1.54) is 0 Å². The van der Waals surface area contributed by atoms with Gasteiger partial charge in [0.1, 0.15) is 5.82 Å². The lowest BCUT2D eigenvalue weighted by Crippen LogP contribution is -2.61. The first-order valence-electron chi connectivity index (χ1n) is 5.56. The van der Waals surface area contributed by atoms with E-state index in [9.17, 15) is 48.1 Å². The Morgan fingerprint density at radius 1 is 0.917 bits per heavy atom. The van der Waals surface area contributed by atoms with Gasteiger partial charge < -0.3 is 0 Å². The van der Waals surface area contributed by atoms with Gasteiger partial charge in [0.2, 0.25) is 11.0 Å². The molecule has 0 saturated carbocycles. The van der Waals surface area contributed by atoms with Gasteiger partial charge in [-0.15, -0.1) is 0 Å². The maximum atomic E-state index is 13.2. The maximum absolute atomic E-state index is 13.2. The number of hydrogen-bond acceptors (Lipinski definition) is 1. The topological polar surface area (TPSA) is 29.4 Å². The predicted octanol–water partition coefficient (Wildman–Crippen LogP) is 4.33. The third-order valence-corrected chi connectivity index (χ3v) is 3.47. The molecule has 1 aromatic rings. The van der Waals surface area contributed by atoms with Crippen molar-refractivity contribution in [3.63, 3.8) is 0 Å². The highest BCUT2D eigenvalue weighted by Crippen LogP contribution is 2.54. The molecule has 2 nitrogen and oxygen atoms in total. The minimum absolute atomic E-state index is 0.162. The summed E-state index contributed by atoms with van der Waals surface area (Å²) < 4.78 is 139. The van der Waals surface area contributed by atoms with Gasteiger partial charge >= 0.3 is 23.3 Å². The van der Waals surface area contributed by atoms with Gasteiger partial charge in [-0.05, 0) is 17.7 Å². The Kier molecular flexibility index (Phi) is 5.38. The summed E-state index contributed by atoms with van der Waals surface area (Å²) in [7, 11) is -4.50. The zero-order valence-electron chi connectivity index (χ0n) is 10.9. The molecule has 1 rings (SSSR count). The van der Waals surface area contributed by atoms with E-state index in [1.807, 2.05) is 0 Å². The zero-order chi connectivity index (χ0) is 19.0. The summed E-state index contributed by atoms with van der Waals surface area (Å²) in [5, 5.41) is -6.35. The quantitative estimate of drug-likeness (QED) is 0.545. The highest BCUT2D eigenvalue weighted by molar-refractivity contribution is 7.85. The molecule has 0 spiro atoms. The van der Waals surface area contributed by atoms with E-state index >= 15 is 0 Å². The standard InChI is InChI=1S/C11H5F10NOS/c12-7-3-1-2-6(4-7)5-22-24(23)11(20,21)9(15,16)8(13,14)10(17,18)19/h1-5H/t24-/m0/s1. The molecular formula is C11H5F10NOS. The van der Waals surface area contributed by atoms with E-state index < -0.39 is 40.1 Å². The van der Waals surface area contributed by atoms with Crippen LogP contribution in [0.2, 0.25) is 0 Å². The Balaban J connectivity index is 3.16. The Bertz CT molecular complexity index is 654. The van der Waals surface area contributed by atoms with Gasteiger partial charge in [-0.2, -0.15) is 43.9 Å². The molecule has 0 heterocycles.